The smallest absolute Gasteiger partial charge is 0.0619 e. The van der Waals surface area contributed by atoms with E-state index in [0.717, 1.165) is 9.52 Å². The molecular weight excluding hydrogens is 268 g/mol. The van der Waals surface area contributed by atoms with Gasteiger partial charge in [-0.3, -0.25) is 0 Å². The molecule has 4 aromatic carbocycles. The van der Waals surface area contributed by atoms with E-state index in [9.17, 15) is 0 Å². The van der Waals surface area contributed by atoms with Gasteiger partial charge in [0.05, 0.1) is 0 Å². The van der Waals surface area contributed by atoms with Crippen LogP contribution in [0.2, 0.25) is 0 Å². The minimum absolute atomic E-state index is 0.768. The Morgan fingerprint density at radius 3 is 2.10 bits per heavy atom. The predicted molar refractivity (Wildman–Crippen MR) is 91.9 cm³/mol. The van der Waals surface area contributed by atoms with Crippen LogP contribution in [-0.4, -0.2) is 9.52 Å². The Bertz CT molecular complexity index is 1010. The summed E-state index contributed by atoms with van der Waals surface area (Å²) in [4.78, 5) is 0. The highest BCUT2D eigenvalue weighted by Crippen LogP contribution is 2.31. The lowest BCUT2D eigenvalue weighted by atomic mass is 9.96. The normalized spacial score (nSPS) is 12.6. The lowest BCUT2D eigenvalue weighted by Gasteiger charge is -2.08. The van der Waals surface area contributed by atoms with Crippen LogP contribution in [0.15, 0.2) is 72.8 Å². The molecule has 2 radical (unpaired) electrons. The minimum Gasteiger partial charge on any atom is -0.0619 e. The Morgan fingerprint density at radius 1 is 0.571 bits per heavy atom. The van der Waals surface area contributed by atoms with Gasteiger partial charge in [0.1, 0.15) is 9.52 Å². The van der Waals surface area contributed by atoms with E-state index in [-0.39, 0.29) is 0 Å². The lowest BCUT2D eigenvalue weighted by Crippen LogP contribution is -2.21. The van der Waals surface area contributed by atoms with Crippen molar-refractivity contribution in [3.63, 3.8) is 0 Å². The summed E-state index contributed by atoms with van der Waals surface area (Å²) in [6.07, 6.45) is 0. The number of benzene rings is 4. The molecule has 0 saturated carbocycles. The summed E-state index contributed by atoms with van der Waals surface area (Å²) in [5.41, 5.74) is 2.88. The Hall–Kier alpha value is -2.38. The fourth-order valence-corrected chi connectivity index (χ4v) is 4.95. The molecule has 0 saturated heterocycles. The molecule has 0 nitrogen and oxygen atoms in total. The second-order valence-electron chi connectivity index (χ2n) is 5.54. The first-order chi connectivity index (χ1) is 10.4. The third-order valence-corrected chi connectivity index (χ3v) is 5.86. The molecule has 0 aromatic heterocycles. The van der Waals surface area contributed by atoms with Crippen molar-refractivity contribution in [1.29, 1.82) is 0 Å². The molecule has 1 aliphatic heterocycles. The average Bonchev–Trinajstić information content (AvgIpc) is 2.94. The van der Waals surface area contributed by atoms with Crippen molar-refractivity contribution in [2.45, 2.75) is 0 Å². The van der Waals surface area contributed by atoms with Gasteiger partial charge < -0.3 is 0 Å². The zero-order valence-corrected chi connectivity index (χ0v) is 12.4. The van der Waals surface area contributed by atoms with Gasteiger partial charge in [-0.2, -0.15) is 0 Å². The van der Waals surface area contributed by atoms with E-state index >= 15 is 0 Å². The Balaban J connectivity index is 1.93. The van der Waals surface area contributed by atoms with Crippen molar-refractivity contribution in [3.05, 3.63) is 72.8 Å². The fourth-order valence-electron chi connectivity index (χ4n) is 3.42. The lowest BCUT2D eigenvalue weighted by molar-refractivity contribution is 1.74. The SMILES string of the molecule is c1ccc2c3c(ccc2c1)-c1c(ccc2ccccc12)[Si]3. The van der Waals surface area contributed by atoms with Crippen LogP contribution < -0.4 is 10.4 Å². The number of rotatable bonds is 0. The monoisotopic (exact) mass is 280 g/mol. The first kappa shape index (κ1) is 11.3. The van der Waals surface area contributed by atoms with Crippen LogP contribution in [0.5, 0.6) is 0 Å². The molecule has 0 N–H and O–H groups in total. The summed E-state index contributed by atoms with van der Waals surface area (Å²) < 4.78 is 0. The van der Waals surface area contributed by atoms with Gasteiger partial charge in [-0.15, -0.1) is 0 Å². The van der Waals surface area contributed by atoms with E-state index < -0.39 is 0 Å². The molecule has 0 aliphatic carbocycles. The van der Waals surface area contributed by atoms with Gasteiger partial charge in [-0.1, -0.05) is 72.8 Å². The van der Waals surface area contributed by atoms with Crippen LogP contribution in [0.25, 0.3) is 32.7 Å². The molecule has 1 heteroatoms. The van der Waals surface area contributed by atoms with Crippen LogP contribution in [0.3, 0.4) is 0 Å². The summed E-state index contributed by atoms with van der Waals surface area (Å²) >= 11 is 0. The Labute approximate surface area is 125 Å². The van der Waals surface area contributed by atoms with Gasteiger partial charge in [0.25, 0.3) is 0 Å². The third kappa shape index (κ3) is 1.49. The quantitative estimate of drug-likeness (QED) is 0.380. The molecule has 0 fully saturated rings. The molecule has 0 unspecified atom stereocenters. The molecule has 0 spiro atoms. The fraction of sp³-hybridized carbons (Fsp3) is 0. The van der Waals surface area contributed by atoms with E-state index in [1.165, 1.54) is 43.0 Å². The van der Waals surface area contributed by atoms with Crippen molar-refractivity contribution in [2.75, 3.05) is 0 Å². The summed E-state index contributed by atoms with van der Waals surface area (Å²) in [5, 5.41) is 8.48. The molecule has 21 heavy (non-hydrogen) atoms. The van der Waals surface area contributed by atoms with E-state index in [1.807, 2.05) is 0 Å². The van der Waals surface area contributed by atoms with Crippen molar-refractivity contribution in [1.82, 2.24) is 0 Å². The predicted octanol–water partition coefficient (Wildman–Crippen LogP) is 3.63. The van der Waals surface area contributed by atoms with E-state index in [4.69, 9.17) is 0 Å². The maximum atomic E-state index is 2.31. The second kappa shape index (κ2) is 4.06. The summed E-state index contributed by atoms with van der Waals surface area (Å²) in [6.45, 7) is 0. The zero-order valence-electron chi connectivity index (χ0n) is 11.4. The Morgan fingerprint density at radius 2 is 1.24 bits per heavy atom. The largest absolute Gasteiger partial charge is 0.124 e. The van der Waals surface area contributed by atoms with Crippen molar-refractivity contribution in [3.8, 4) is 11.1 Å². The molecule has 0 atom stereocenters. The van der Waals surface area contributed by atoms with Crippen LogP contribution >= 0.6 is 0 Å². The zero-order chi connectivity index (χ0) is 13.8. The molecule has 1 aliphatic rings. The molecule has 96 valence electrons. The van der Waals surface area contributed by atoms with Gasteiger partial charge in [-0.05, 0) is 43.0 Å². The maximum absolute atomic E-state index is 2.31. The third-order valence-electron chi connectivity index (χ3n) is 4.39. The maximum Gasteiger partial charge on any atom is 0.124 e. The Kier molecular flexibility index (Phi) is 2.18. The van der Waals surface area contributed by atoms with E-state index in [1.54, 1.807) is 0 Å². The highest BCUT2D eigenvalue weighted by atomic mass is 28.2. The van der Waals surface area contributed by atoms with Gasteiger partial charge in [0.15, 0.2) is 0 Å². The first-order valence-electron chi connectivity index (χ1n) is 7.23. The van der Waals surface area contributed by atoms with Gasteiger partial charge in [0.2, 0.25) is 0 Å². The molecule has 1 heterocycles. The van der Waals surface area contributed by atoms with E-state index in [0.29, 0.717) is 0 Å². The molecule has 5 rings (SSSR count). The molecular formula is C20H12Si. The van der Waals surface area contributed by atoms with Gasteiger partial charge in [0, 0.05) is 0 Å². The van der Waals surface area contributed by atoms with Crippen LogP contribution in [0.4, 0.5) is 0 Å². The topological polar surface area (TPSA) is 0 Å². The second-order valence-corrected chi connectivity index (χ2v) is 6.83. The van der Waals surface area contributed by atoms with Crippen LogP contribution in [0.1, 0.15) is 0 Å². The van der Waals surface area contributed by atoms with Gasteiger partial charge >= 0.3 is 0 Å². The van der Waals surface area contributed by atoms with Crippen molar-refractivity contribution < 1.29 is 0 Å². The van der Waals surface area contributed by atoms with Crippen molar-refractivity contribution >= 4 is 41.4 Å². The highest BCUT2D eigenvalue weighted by molar-refractivity contribution is 6.76. The average molecular weight is 280 g/mol. The molecule has 0 amide bonds. The number of fused-ring (bicyclic) bond motifs is 7. The summed E-state index contributed by atoms with van der Waals surface area (Å²) in [5.74, 6) is 0. The molecule has 4 aromatic rings. The minimum atomic E-state index is 0.768. The van der Waals surface area contributed by atoms with Crippen LogP contribution in [-0.2, 0) is 0 Å². The highest BCUT2D eigenvalue weighted by Gasteiger charge is 2.22. The van der Waals surface area contributed by atoms with Crippen LogP contribution in [0, 0.1) is 0 Å². The van der Waals surface area contributed by atoms with Gasteiger partial charge in [-0.25, -0.2) is 0 Å². The summed E-state index contributed by atoms with van der Waals surface area (Å²) in [7, 11) is 0.768. The standard InChI is InChI=1S/C20H12Si/c1-3-7-15-13(5-1)10-12-18-19(15)17-11-9-14-6-2-4-8-16(14)20(17)21-18/h1-12H. The van der Waals surface area contributed by atoms with Crippen molar-refractivity contribution in [2.24, 2.45) is 0 Å². The number of hydrogen-bond acceptors (Lipinski definition) is 0. The first-order valence-corrected chi connectivity index (χ1v) is 8.23. The number of hydrogen-bond donors (Lipinski definition) is 0. The molecule has 0 bridgehead atoms. The van der Waals surface area contributed by atoms with E-state index in [2.05, 4.69) is 72.8 Å². The summed E-state index contributed by atoms with van der Waals surface area (Å²) in [6, 6.07) is 26.6.